The van der Waals surface area contributed by atoms with Crippen LogP contribution in [0, 0.1) is 12.3 Å². The third-order valence-electron chi connectivity index (χ3n) is 5.35. The van der Waals surface area contributed by atoms with E-state index in [4.69, 9.17) is 10.5 Å². The van der Waals surface area contributed by atoms with Crippen molar-refractivity contribution in [1.82, 2.24) is 0 Å². The van der Waals surface area contributed by atoms with E-state index in [9.17, 15) is 14.7 Å². The van der Waals surface area contributed by atoms with Crippen LogP contribution in [0.3, 0.4) is 0 Å². The van der Waals surface area contributed by atoms with E-state index in [1.807, 2.05) is 19.1 Å². The lowest BCUT2D eigenvalue weighted by Crippen LogP contribution is -2.28. The number of rotatable bonds is 7. The maximum atomic E-state index is 12.8. The molecule has 0 aromatic heterocycles. The van der Waals surface area contributed by atoms with Crippen LogP contribution in [-0.2, 0) is 9.53 Å². The average Bonchev–Trinajstić information content (AvgIpc) is 2.81. The number of hydrogen-bond acceptors (Lipinski definition) is 5. The van der Waals surface area contributed by atoms with Crippen molar-refractivity contribution < 1.29 is 19.4 Å². The molecule has 35 heavy (non-hydrogen) atoms. The molecule has 2 amide bonds. The number of aryl methyl sites for hydroxylation is 1. The van der Waals surface area contributed by atoms with E-state index in [0.29, 0.717) is 27.1 Å². The summed E-state index contributed by atoms with van der Waals surface area (Å²) in [5.41, 5.74) is 7.97. The monoisotopic (exact) mass is 537 g/mol. The largest absolute Gasteiger partial charge is 0.508 e. The van der Waals surface area contributed by atoms with Crippen LogP contribution in [0.5, 0.6) is 5.75 Å². The number of phenols is 1. The van der Waals surface area contributed by atoms with Gasteiger partial charge in [0.15, 0.2) is 0 Å². The minimum atomic E-state index is -0.920. The highest BCUT2D eigenvalue weighted by molar-refractivity contribution is 9.10. The third kappa shape index (κ3) is 7.10. The first-order valence-electron chi connectivity index (χ1n) is 10.9. The van der Waals surface area contributed by atoms with Crippen LogP contribution >= 0.6 is 15.9 Å². The lowest BCUT2D eigenvalue weighted by Gasteiger charge is -2.32. The molecule has 3 aromatic carbocycles. The Labute approximate surface area is 213 Å². The average molecular weight is 538 g/mol. The molecule has 0 aliphatic carbocycles. The van der Waals surface area contributed by atoms with Gasteiger partial charge in [0, 0.05) is 21.1 Å². The maximum absolute atomic E-state index is 12.8. The Morgan fingerprint density at radius 1 is 1.06 bits per heavy atom. The summed E-state index contributed by atoms with van der Waals surface area (Å²) in [6.45, 7) is 5.56. The highest BCUT2D eigenvalue weighted by Crippen LogP contribution is 2.42. The van der Waals surface area contributed by atoms with Gasteiger partial charge in [-0.1, -0.05) is 65.7 Å². The van der Waals surface area contributed by atoms with Gasteiger partial charge in [0.2, 0.25) is 5.91 Å². The van der Waals surface area contributed by atoms with Crippen molar-refractivity contribution in [2.75, 3.05) is 16.4 Å². The number of para-hydroxylation sites is 2. The number of carbonyl (C=O) groups excluding carboxylic acids is 2. The predicted molar refractivity (Wildman–Crippen MR) is 142 cm³/mol. The molecule has 3 rings (SSSR count). The Morgan fingerprint density at radius 2 is 1.74 bits per heavy atom. The molecule has 0 aliphatic rings. The number of halogens is 1. The van der Waals surface area contributed by atoms with Crippen molar-refractivity contribution in [2.45, 2.75) is 26.9 Å². The summed E-state index contributed by atoms with van der Waals surface area (Å²) < 4.78 is 6.51. The standard InChI is InChI=1S/C27H28BrN3O4/c1-17-8-11-19(12-9-17)30-26(34)35-25(20-16-18(28)10-13-23(20)32)27(2,3)15-14-24(33)31-22-7-5-4-6-21(22)29/h4-16,25,32H,29H2,1-3H3,(H,30,34)(H,31,33)/b15-14+/t25-/m1/s1. The summed E-state index contributed by atoms with van der Waals surface area (Å²) in [5, 5.41) is 16.0. The molecule has 0 bridgehead atoms. The molecule has 3 aromatic rings. The topological polar surface area (TPSA) is 114 Å². The Hall–Kier alpha value is -3.78. The number of aromatic hydroxyl groups is 1. The smallest absolute Gasteiger partial charge is 0.412 e. The second kappa shape index (κ2) is 11.1. The fraction of sp³-hybridized carbons (Fsp3) is 0.185. The highest BCUT2D eigenvalue weighted by Gasteiger charge is 2.34. The highest BCUT2D eigenvalue weighted by atomic mass is 79.9. The van der Waals surface area contributed by atoms with Gasteiger partial charge in [0.25, 0.3) is 0 Å². The number of ether oxygens (including phenoxy) is 1. The lowest BCUT2D eigenvalue weighted by molar-refractivity contribution is -0.112. The zero-order valence-corrected chi connectivity index (χ0v) is 21.3. The van der Waals surface area contributed by atoms with E-state index in [2.05, 4.69) is 26.6 Å². The van der Waals surface area contributed by atoms with Gasteiger partial charge in [-0.3, -0.25) is 10.1 Å². The number of carbonyl (C=O) groups is 2. The predicted octanol–water partition coefficient (Wildman–Crippen LogP) is 6.56. The Balaban J connectivity index is 1.85. The number of phenolic OH excluding ortho intramolecular Hbond substituents is 1. The second-order valence-corrected chi connectivity index (χ2v) is 9.63. The number of hydrogen-bond donors (Lipinski definition) is 4. The van der Waals surface area contributed by atoms with Crippen LogP contribution in [-0.4, -0.2) is 17.1 Å². The molecule has 0 heterocycles. The van der Waals surface area contributed by atoms with Gasteiger partial charge in [0.05, 0.1) is 11.4 Å². The zero-order valence-electron chi connectivity index (χ0n) is 19.7. The van der Waals surface area contributed by atoms with E-state index >= 15 is 0 Å². The van der Waals surface area contributed by atoms with Crippen molar-refractivity contribution in [1.29, 1.82) is 0 Å². The summed E-state index contributed by atoms with van der Waals surface area (Å²) in [4.78, 5) is 25.3. The van der Waals surface area contributed by atoms with Gasteiger partial charge in [0.1, 0.15) is 11.9 Å². The van der Waals surface area contributed by atoms with Gasteiger partial charge in [-0.2, -0.15) is 0 Å². The van der Waals surface area contributed by atoms with Gasteiger partial charge in [-0.25, -0.2) is 4.79 Å². The van der Waals surface area contributed by atoms with Crippen LogP contribution in [0.25, 0.3) is 0 Å². The van der Waals surface area contributed by atoms with Crippen molar-refractivity contribution in [3.8, 4) is 5.75 Å². The molecular formula is C27H28BrN3O4. The zero-order chi connectivity index (χ0) is 25.6. The summed E-state index contributed by atoms with van der Waals surface area (Å²) in [5.74, 6) is -0.429. The third-order valence-corrected chi connectivity index (χ3v) is 5.85. The molecule has 0 unspecified atom stereocenters. The minimum absolute atomic E-state index is 0.0377. The molecule has 0 saturated heterocycles. The van der Waals surface area contributed by atoms with Gasteiger partial charge in [-0.05, 0) is 55.5 Å². The van der Waals surface area contributed by atoms with Crippen LogP contribution in [0.4, 0.5) is 21.9 Å². The van der Waals surface area contributed by atoms with Crippen molar-refractivity contribution in [3.05, 3.63) is 94.5 Å². The molecule has 0 spiro atoms. The molecule has 0 fully saturated rings. The molecule has 7 nitrogen and oxygen atoms in total. The summed E-state index contributed by atoms with van der Waals surface area (Å²) in [6.07, 6.45) is 1.37. The molecule has 0 saturated carbocycles. The number of nitrogens with one attached hydrogen (secondary N) is 2. The van der Waals surface area contributed by atoms with E-state index in [0.717, 1.165) is 5.56 Å². The SMILES string of the molecule is Cc1ccc(NC(=O)O[C@H](c2cc(Br)ccc2O)C(C)(C)/C=C/C(=O)Nc2ccccc2N)cc1. The quantitative estimate of drug-likeness (QED) is 0.201. The number of nitrogens with two attached hydrogens (primary N) is 1. The van der Waals surface area contributed by atoms with Gasteiger partial charge >= 0.3 is 6.09 Å². The van der Waals surface area contributed by atoms with E-state index in [-0.39, 0.29) is 5.75 Å². The Bertz CT molecular complexity index is 1240. The molecular weight excluding hydrogens is 510 g/mol. The number of benzene rings is 3. The van der Waals surface area contributed by atoms with Crippen LogP contribution in [0.2, 0.25) is 0 Å². The Morgan fingerprint density at radius 3 is 2.43 bits per heavy atom. The second-order valence-electron chi connectivity index (χ2n) is 8.71. The van der Waals surface area contributed by atoms with Crippen molar-refractivity contribution in [2.24, 2.45) is 5.41 Å². The van der Waals surface area contributed by atoms with Crippen LogP contribution < -0.4 is 16.4 Å². The first-order chi connectivity index (χ1) is 16.5. The van der Waals surface area contributed by atoms with Gasteiger partial charge < -0.3 is 20.9 Å². The van der Waals surface area contributed by atoms with Crippen LogP contribution in [0.1, 0.15) is 31.1 Å². The van der Waals surface area contributed by atoms with Crippen molar-refractivity contribution in [3.63, 3.8) is 0 Å². The molecule has 0 aliphatic heterocycles. The van der Waals surface area contributed by atoms with Crippen LogP contribution in [0.15, 0.2) is 83.4 Å². The normalized spacial score (nSPS) is 12.2. The van der Waals surface area contributed by atoms with Crippen molar-refractivity contribution >= 4 is 45.0 Å². The first kappa shape index (κ1) is 25.8. The van der Waals surface area contributed by atoms with Gasteiger partial charge in [-0.15, -0.1) is 0 Å². The summed E-state index contributed by atoms with van der Waals surface area (Å²) >= 11 is 3.40. The van der Waals surface area contributed by atoms with E-state index < -0.39 is 23.5 Å². The van der Waals surface area contributed by atoms with E-state index in [1.165, 1.54) is 12.1 Å². The number of amides is 2. The number of anilines is 3. The molecule has 8 heteroatoms. The molecule has 182 valence electrons. The lowest BCUT2D eigenvalue weighted by atomic mass is 9.81. The first-order valence-corrected chi connectivity index (χ1v) is 11.7. The molecule has 0 radical (unpaired) electrons. The Kier molecular flexibility index (Phi) is 8.19. The maximum Gasteiger partial charge on any atom is 0.412 e. The summed E-state index contributed by atoms with van der Waals surface area (Å²) in [7, 11) is 0. The summed E-state index contributed by atoms with van der Waals surface area (Å²) in [6, 6.07) is 19.1. The fourth-order valence-electron chi connectivity index (χ4n) is 3.41. The molecule has 5 N–H and O–H groups in total. The fourth-order valence-corrected chi connectivity index (χ4v) is 3.78. The number of nitrogen functional groups attached to an aromatic ring is 1. The van der Waals surface area contributed by atoms with E-state index in [1.54, 1.807) is 68.5 Å². The molecule has 1 atom stereocenters. The minimum Gasteiger partial charge on any atom is -0.508 e.